The van der Waals surface area contributed by atoms with E-state index < -0.39 is 9.84 Å². The SMILES string of the molecule is CCn1c(=NC(=O)CCCS(=O)(=O)c2ccccc2)sc2c(C)ccc(OC)c21. The zero-order chi connectivity index (χ0) is 21.0. The van der Waals surface area contributed by atoms with Crippen molar-refractivity contribution in [2.45, 2.75) is 38.1 Å². The van der Waals surface area contributed by atoms with Crippen LogP contribution in [0.1, 0.15) is 25.3 Å². The number of methoxy groups -OCH3 is 1. The number of aromatic nitrogens is 1. The molecular formula is C21H24N2O4S2. The number of amides is 1. The molecule has 3 aromatic rings. The van der Waals surface area contributed by atoms with Crippen molar-refractivity contribution in [1.82, 2.24) is 4.57 Å². The van der Waals surface area contributed by atoms with Gasteiger partial charge in [0.2, 0.25) is 5.91 Å². The summed E-state index contributed by atoms with van der Waals surface area (Å²) in [5, 5.41) is 0. The Morgan fingerprint density at radius 1 is 1.17 bits per heavy atom. The fourth-order valence-electron chi connectivity index (χ4n) is 3.14. The number of benzene rings is 2. The molecule has 1 amide bonds. The summed E-state index contributed by atoms with van der Waals surface area (Å²) in [7, 11) is -1.77. The molecule has 29 heavy (non-hydrogen) atoms. The number of sulfone groups is 1. The molecule has 0 spiro atoms. The first-order chi connectivity index (χ1) is 13.9. The van der Waals surface area contributed by atoms with Gasteiger partial charge in [0.25, 0.3) is 0 Å². The number of ether oxygens (including phenoxy) is 1. The van der Waals surface area contributed by atoms with E-state index in [1.807, 2.05) is 30.5 Å². The van der Waals surface area contributed by atoms with Crippen LogP contribution in [0, 0.1) is 6.92 Å². The average molecular weight is 433 g/mol. The Morgan fingerprint density at radius 3 is 2.55 bits per heavy atom. The van der Waals surface area contributed by atoms with E-state index in [1.54, 1.807) is 37.4 Å². The minimum absolute atomic E-state index is 0.0780. The lowest BCUT2D eigenvalue weighted by Gasteiger charge is -2.07. The number of hydrogen-bond acceptors (Lipinski definition) is 5. The predicted octanol–water partition coefficient (Wildman–Crippen LogP) is 3.72. The van der Waals surface area contributed by atoms with Crippen LogP contribution in [0.25, 0.3) is 10.2 Å². The first kappa shape index (κ1) is 21.3. The highest BCUT2D eigenvalue weighted by Crippen LogP contribution is 2.30. The van der Waals surface area contributed by atoms with Gasteiger partial charge in [-0.25, -0.2) is 8.42 Å². The number of carbonyl (C=O) groups excluding carboxylic acids is 1. The summed E-state index contributed by atoms with van der Waals surface area (Å²) in [6.07, 6.45) is 0.319. The summed E-state index contributed by atoms with van der Waals surface area (Å²) in [4.78, 5) is 17.6. The summed E-state index contributed by atoms with van der Waals surface area (Å²) in [5.74, 6) is 0.343. The van der Waals surface area contributed by atoms with Gasteiger partial charge in [0.15, 0.2) is 14.6 Å². The van der Waals surface area contributed by atoms with Crippen LogP contribution >= 0.6 is 11.3 Å². The van der Waals surface area contributed by atoms with Crippen LogP contribution in [0.5, 0.6) is 5.75 Å². The van der Waals surface area contributed by atoms with E-state index in [2.05, 4.69) is 4.99 Å². The standard InChI is InChI=1S/C21H24N2O4S2/c1-4-23-19-17(27-3)13-12-15(2)20(19)28-21(23)22-18(24)11-8-14-29(25,26)16-9-6-5-7-10-16/h5-7,9-10,12-13H,4,8,11,14H2,1-3H3. The second-order valence-corrected chi connectivity index (χ2v) is 9.72. The topological polar surface area (TPSA) is 77.7 Å². The molecule has 0 unspecified atom stereocenters. The van der Waals surface area contributed by atoms with Crippen molar-refractivity contribution < 1.29 is 17.9 Å². The molecule has 0 aliphatic rings. The van der Waals surface area contributed by atoms with E-state index in [-0.39, 0.29) is 29.4 Å². The Morgan fingerprint density at radius 2 is 1.90 bits per heavy atom. The van der Waals surface area contributed by atoms with Crippen LogP contribution in [0.15, 0.2) is 52.4 Å². The fraction of sp³-hybridized carbons (Fsp3) is 0.333. The number of hydrogen-bond donors (Lipinski definition) is 0. The minimum Gasteiger partial charge on any atom is -0.495 e. The smallest absolute Gasteiger partial charge is 0.248 e. The van der Waals surface area contributed by atoms with Crippen LogP contribution in [-0.2, 0) is 21.2 Å². The van der Waals surface area contributed by atoms with Gasteiger partial charge in [0, 0.05) is 13.0 Å². The zero-order valence-corrected chi connectivity index (χ0v) is 18.3. The van der Waals surface area contributed by atoms with Crippen molar-refractivity contribution in [2.24, 2.45) is 4.99 Å². The number of nitrogens with zero attached hydrogens (tertiary/aromatic N) is 2. The Kier molecular flexibility index (Phi) is 6.54. The van der Waals surface area contributed by atoms with Crippen LogP contribution in [0.3, 0.4) is 0 Å². The van der Waals surface area contributed by atoms with Crippen molar-refractivity contribution in [3.63, 3.8) is 0 Å². The van der Waals surface area contributed by atoms with E-state index >= 15 is 0 Å². The summed E-state index contributed by atoms with van der Waals surface area (Å²) in [5.41, 5.74) is 2.02. The highest BCUT2D eigenvalue weighted by atomic mass is 32.2. The van der Waals surface area contributed by atoms with E-state index in [0.29, 0.717) is 11.3 Å². The summed E-state index contributed by atoms with van der Waals surface area (Å²) in [6, 6.07) is 12.2. The Balaban J connectivity index is 1.81. The molecule has 3 rings (SSSR count). The predicted molar refractivity (Wildman–Crippen MR) is 115 cm³/mol. The number of aryl methyl sites for hydroxylation is 2. The zero-order valence-electron chi connectivity index (χ0n) is 16.7. The lowest BCUT2D eigenvalue weighted by Crippen LogP contribution is -2.16. The molecule has 6 nitrogen and oxygen atoms in total. The van der Waals surface area contributed by atoms with E-state index in [1.165, 1.54) is 11.3 Å². The second kappa shape index (κ2) is 8.92. The van der Waals surface area contributed by atoms with Crippen LogP contribution in [0.4, 0.5) is 0 Å². The highest BCUT2D eigenvalue weighted by Gasteiger charge is 2.16. The molecule has 0 atom stereocenters. The Bertz CT molecular complexity index is 1190. The molecular weight excluding hydrogens is 408 g/mol. The number of thiazole rings is 1. The Hall–Kier alpha value is -2.45. The highest BCUT2D eigenvalue weighted by molar-refractivity contribution is 7.91. The van der Waals surface area contributed by atoms with Gasteiger partial charge in [0.05, 0.1) is 22.5 Å². The van der Waals surface area contributed by atoms with Crippen LogP contribution in [0.2, 0.25) is 0 Å². The molecule has 1 heterocycles. The van der Waals surface area contributed by atoms with Crippen molar-refractivity contribution in [2.75, 3.05) is 12.9 Å². The normalized spacial score (nSPS) is 12.4. The third-order valence-corrected chi connectivity index (χ3v) is 7.68. The maximum absolute atomic E-state index is 12.4. The molecule has 0 aliphatic carbocycles. The second-order valence-electron chi connectivity index (χ2n) is 6.63. The van der Waals surface area contributed by atoms with Gasteiger partial charge in [0.1, 0.15) is 11.3 Å². The average Bonchev–Trinajstić information content (AvgIpc) is 3.07. The molecule has 0 saturated heterocycles. The summed E-state index contributed by atoms with van der Waals surface area (Å²) >= 11 is 1.45. The van der Waals surface area contributed by atoms with E-state index in [0.717, 1.165) is 21.5 Å². The van der Waals surface area contributed by atoms with Crippen LogP contribution < -0.4 is 9.54 Å². The maximum atomic E-state index is 12.4. The van der Waals surface area contributed by atoms with Gasteiger partial charge < -0.3 is 9.30 Å². The van der Waals surface area contributed by atoms with Gasteiger partial charge >= 0.3 is 0 Å². The first-order valence-corrected chi connectivity index (χ1v) is 11.9. The number of rotatable bonds is 7. The van der Waals surface area contributed by atoms with Gasteiger partial charge in [-0.1, -0.05) is 35.6 Å². The van der Waals surface area contributed by atoms with Gasteiger partial charge in [-0.05, 0) is 44.0 Å². The molecule has 0 bridgehead atoms. The first-order valence-electron chi connectivity index (χ1n) is 9.39. The molecule has 0 N–H and O–H groups in total. The maximum Gasteiger partial charge on any atom is 0.248 e. The number of carbonyl (C=O) groups is 1. The van der Waals surface area contributed by atoms with E-state index in [9.17, 15) is 13.2 Å². The van der Waals surface area contributed by atoms with Crippen molar-refractivity contribution in [1.29, 1.82) is 0 Å². The molecule has 0 radical (unpaired) electrons. The quantitative estimate of drug-likeness (QED) is 0.570. The largest absolute Gasteiger partial charge is 0.495 e. The molecule has 0 aliphatic heterocycles. The van der Waals surface area contributed by atoms with Crippen LogP contribution in [-0.4, -0.2) is 31.8 Å². The van der Waals surface area contributed by atoms with Crippen molar-refractivity contribution in [3.05, 3.63) is 52.8 Å². The third-order valence-electron chi connectivity index (χ3n) is 4.65. The molecule has 1 aromatic heterocycles. The van der Waals surface area contributed by atoms with Gasteiger partial charge in [-0.2, -0.15) is 4.99 Å². The molecule has 154 valence electrons. The lowest BCUT2D eigenvalue weighted by atomic mass is 10.2. The van der Waals surface area contributed by atoms with Gasteiger partial charge in [-0.15, -0.1) is 0 Å². The molecule has 0 fully saturated rings. The Labute approximate surface area is 174 Å². The fourth-order valence-corrected chi connectivity index (χ4v) is 5.67. The lowest BCUT2D eigenvalue weighted by molar-refractivity contribution is -0.118. The summed E-state index contributed by atoms with van der Waals surface area (Å²) < 4.78 is 33.2. The van der Waals surface area contributed by atoms with E-state index in [4.69, 9.17) is 4.74 Å². The number of fused-ring (bicyclic) bond motifs is 1. The minimum atomic E-state index is -3.39. The van der Waals surface area contributed by atoms with Crippen molar-refractivity contribution >= 4 is 37.3 Å². The molecule has 2 aromatic carbocycles. The third kappa shape index (κ3) is 4.59. The molecule has 8 heteroatoms. The monoisotopic (exact) mass is 432 g/mol. The van der Waals surface area contributed by atoms with Gasteiger partial charge in [-0.3, -0.25) is 4.79 Å². The van der Waals surface area contributed by atoms with Crippen molar-refractivity contribution in [3.8, 4) is 5.75 Å². The summed E-state index contributed by atoms with van der Waals surface area (Å²) in [6.45, 7) is 4.65. The molecule has 0 saturated carbocycles.